The van der Waals surface area contributed by atoms with Crippen molar-refractivity contribution in [1.29, 1.82) is 0 Å². The van der Waals surface area contributed by atoms with Crippen LogP contribution in [0.3, 0.4) is 0 Å². The van der Waals surface area contributed by atoms with Crippen molar-refractivity contribution in [1.82, 2.24) is 5.32 Å². The molecule has 1 heterocycles. The summed E-state index contributed by atoms with van der Waals surface area (Å²) in [5.41, 5.74) is 0. The van der Waals surface area contributed by atoms with Crippen molar-refractivity contribution in [2.24, 2.45) is 0 Å². The minimum Gasteiger partial charge on any atom is -0.313 e. The Morgan fingerprint density at radius 1 is 1.60 bits per heavy atom. The summed E-state index contributed by atoms with van der Waals surface area (Å²) >= 11 is 7.38. The molecule has 1 atom stereocenters. The highest BCUT2D eigenvalue weighted by molar-refractivity contribution is 7.16. The molecule has 0 aliphatic carbocycles. The second-order valence-electron chi connectivity index (χ2n) is 2.15. The second-order valence-corrected chi connectivity index (χ2v) is 3.90. The molecule has 1 nitrogen and oxygen atoms in total. The van der Waals surface area contributed by atoms with E-state index in [4.69, 9.17) is 11.6 Å². The molecule has 56 valence electrons. The first kappa shape index (κ1) is 8.05. The Bertz CT molecular complexity index is 209. The monoisotopic (exact) mass is 175 g/mol. The van der Waals surface area contributed by atoms with Gasteiger partial charge in [0.15, 0.2) is 0 Å². The molecule has 1 aromatic rings. The van der Waals surface area contributed by atoms with E-state index in [0.717, 1.165) is 4.34 Å². The zero-order valence-electron chi connectivity index (χ0n) is 6.02. The Balaban J connectivity index is 2.74. The standard InChI is InChI=1S/C7H10ClNS/c1-5(9-2)6-3-4-7(8)10-6/h3-5,9H,1-2H3/t5-/m0/s1. The average molecular weight is 176 g/mol. The Hall–Kier alpha value is -0.0500. The van der Waals surface area contributed by atoms with E-state index in [9.17, 15) is 0 Å². The molecule has 0 spiro atoms. The van der Waals surface area contributed by atoms with Crippen LogP contribution in [0.4, 0.5) is 0 Å². The van der Waals surface area contributed by atoms with Crippen molar-refractivity contribution in [3.05, 3.63) is 21.3 Å². The third-order valence-corrected chi connectivity index (χ3v) is 2.87. The van der Waals surface area contributed by atoms with Crippen LogP contribution >= 0.6 is 22.9 Å². The minimum absolute atomic E-state index is 0.414. The molecule has 1 aromatic heterocycles. The second kappa shape index (κ2) is 3.37. The fourth-order valence-electron chi connectivity index (χ4n) is 0.703. The first-order chi connectivity index (χ1) is 4.74. The molecule has 0 amide bonds. The summed E-state index contributed by atoms with van der Waals surface area (Å²) in [6.07, 6.45) is 0. The van der Waals surface area contributed by atoms with E-state index in [-0.39, 0.29) is 0 Å². The van der Waals surface area contributed by atoms with Crippen molar-refractivity contribution in [2.75, 3.05) is 7.05 Å². The molecular formula is C7H10ClNS. The van der Waals surface area contributed by atoms with E-state index in [1.165, 1.54) is 4.88 Å². The van der Waals surface area contributed by atoms with Crippen LogP contribution in [-0.4, -0.2) is 7.05 Å². The molecule has 0 bridgehead atoms. The van der Waals surface area contributed by atoms with Gasteiger partial charge < -0.3 is 5.32 Å². The molecule has 0 fully saturated rings. The zero-order chi connectivity index (χ0) is 7.56. The van der Waals surface area contributed by atoms with Gasteiger partial charge in [0.05, 0.1) is 4.34 Å². The predicted molar refractivity (Wildman–Crippen MR) is 46.8 cm³/mol. The third-order valence-electron chi connectivity index (χ3n) is 1.45. The lowest BCUT2D eigenvalue weighted by molar-refractivity contribution is 0.664. The summed E-state index contributed by atoms with van der Waals surface area (Å²) in [6, 6.07) is 4.39. The van der Waals surface area contributed by atoms with Gasteiger partial charge in [-0.25, -0.2) is 0 Å². The smallest absolute Gasteiger partial charge is 0.0931 e. The van der Waals surface area contributed by atoms with Crippen LogP contribution in [0.15, 0.2) is 12.1 Å². The maximum Gasteiger partial charge on any atom is 0.0931 e. The van der Waals surface area contributed by atoms with Gasteiger partial charge in [-0.15, -0.1) is 11.3 Å². The van der Waals surface area contributed by atoms with E-state index >= 15 is 0 Å². The SMILES string of the molecule is CN[C@@H](C)c1ccc(Cl)s1. The minimum atomic E-state index is 0.414. The maximum atomic E-state index is 5.75. The van der Waals surface area contributed by atoms with Gasteiger partial charge in [0.2, 0.25) is 0 Å². The van der Waals surface area contributed by atoms with Crippen LogP contribution in [0.5, 0.6) is 0 Å². The highest BCUT2D eigenvalue weighted by Crippen LogP contribution is 2.25. The summed E-state index contributed by atoms with van der Waals surface area (Å²) < 4.78 is 0.858. The Morgan fingerprint density at radius 3 is 2.70 bits per heavy atom. The Labute approximate surface area is 70.0 Å². The van der Waals surface area contributed by atoms with E-state index in [1.54, 1.807) is 11.3 Å². The highest BCUT2D eigenvalue weighted by atomic mass is 35.5. The first-order valence-corrected chi connectivity index (χ1v) is 4.36. The Morgan fingerprint density at radius 2 is 2.30 bits per heavy atom. The van der Waals surface area contributed by atoms with Crippen molar-refractivity contribution >= 4 is 22.9 Å². The third kappa shape index (κ3) is 1.72. The molecule has 0 aromatic carbocycles. The molecule has 0 aliphatic rings. The van der Waals surface area contributed by atoms with E-state index in [0.29, 0.717) is 6.04 Å². The molecule has 1 N–H and O–H groups in total. The molecule has 10 heavy (non-hydrogen) atoms. The predicted octanol–water partition coefficient (Wildman–Crippen LogP) is 2.68. The number of hydrogen-bond donors (Lipinski definition) is 1. The van der Waals surface area contributed by atoms with Gasteiger partial charge in [-0.3, -0.25) is 0 Å². The van der Waals surface area contributed by atoms with E-state index < -0.39 is 0 Å². The fraction of sp³-hybridized carbons (Fsp3) is 0.429. The fourth-order valence-corrected chi connectivity index (χ4v) is 1.83. The van der Waals surface area contributed by atoms with Gasteiger partial charge in [-0.1, -0.05) is 11.6 Å². The summed E-state index contributed by atoms with van der Waals surface area (Å²) in [5, 5.41) is 3.15. The van der Waals surface area contributed by atoms with Crippen LogP contribution in [0.25, 0.3) is 0 Å². The van der Waals surface area contributed by atoms with Gasteiger partial charge in [0.25, 0.3) is 0 Å². The van der Waals surface area contributed by atoms with Crippen molar-refractivity contribution in [3.8, 4) is 0 Å². The Kier molecular flexibility index (Phi) is 2.72. The van der Waals surface area contributed by atoms with Crippen LogP contribution in [0, 0.1) is 0 Å². The lowest BCUT2D eigenvalue weighted by atomic mass is 10.3. The number of rotatable bonds is 2. The van der Waals surface area contributed by atoms with Crippen LogP contribution in [0.1, 0.15) is 17.8 Å². The van der Waals surface area contributed by atoms with Gasteiger partial charge in [-0.05, 0) is 26.1 Å². The number of hydrogen-bond acceptors (Lipinski definition) is 2. The van der Waals surface area contributed by atoms with Crippen LogP contribution in [-0.2, 0) is 0 Å². The van der Waals surface area contributed by atoms with Gasteiger partial charge in [0.1, 0.15) is 0 Å². The largest absolute Gasteiger partial charge is 0.313 e. The zero-order valence-corrected chi connectivity index (χ0v) is 7.59. The summed E-state index contributed by atoms with van der Waals surface area (Å²) in [5.74, 6) is 0. The van der Waals surface area contributed by atoms with Crippen molar-refractivity contribution in [3.63, 3.8) is 0 Å². The highest BCUT2D eigenvalue weighted by Gasteiger charge is 2.03. The van der Waals surface area contributed by atoms with E-state index in [1.807, 2.05) is 19.2 Å². The number of halogens is 1. The molecular weight excluding hydrogens is 166 g/mol. The molecule has 0 unspecified atom stereocenters. The van der Waals surface area contributed by atoms with Crippen molar-refractivity contribution in [2.45, 2.75) is 13.0 Å². The summed E-state index contributed by atoms with van der Waals surface area (Å²) in [6.45, 7) is 2.11. The normalized spacial score (nSPS) is 13.5. The van der Waals surface area contributed by atoms with Crippen molar-refractivity contribution < 1.29 is 0 Å². The van der Waals surface area contributed by atoms with Gasteiger partial charge in [0, 0.05) is 10.9 Å². The maximum absolute atomic E-state index is 5.75. The number of thiophene rings is 1. The van der Waals surface area contributed by atoms with Crippen LogP contribution < -0.4 is 5.32 Å². The quantitative estimate of drug-likeness (QED) is 0.729. The molecule has 3 heteroatoms. The van der Waals surface area contributed by atoms with Gasteiger partial charge >= 0.3 is 0 Å². The van der Waals surface area contributed by atoms with Gasteiger partial charge in [-0.2, -0.15) is 0 Å². The topological polar surface area (TPSA) is 12.0 Å². The van der Waals surface area contributed by atoms with E-state index in [2.05, 4.69) is 12.2 Å². The lowest BCUT2D eigenvalue weighted by Crippen LogP contribution is -2.10. The lowest BCUT2D eigenvalue weighted by Gasteiger charge is -2.05. The number of nitrogens with one attached hydrogen (secondary N) is 1. The summed E-state index contributed by atoms with van der Waals surface area (Å²) in [4.78, 5) is 1.28. The van der Waals surface area contributed by atoms with Crippen LogP contribution in [0.2, 0.25) is 4.34 Å². The molecule has 0 aliphatic heterocycles. The average Bonchev–Trinajstić information content (AvgIpc) is 2.34. The molecule has 0 saturated carbocycles. The molecule has 0 radical (unpaired) electrons. The molecule has 1 rings (SSSR count). The summed E-state index contributed by atoms with van der Waals surface area (Å²) in [7, 11) is 1.94. The first-order valence-electron chi connectivity index (χ1n) is 3.16. The molecule has 0 saturated heterocycles.